The summed E-state index contributed by atoms with van der Waals surface area (Å²) in [5, 5.41) is 9.80. The van der Waals surface area contributed by atoms with E-state index in [1.807, 2.05) is 0 Å². The molecular formula is C6H13O. The third-order valence-corrected chi connectivity index (χ3v) is 0.998. The maximum atomic E-state index is 9.80. The van der Waals surface area contributed by atoms with E-state index in [1.165, 1.54) is 12.8 Å². The average Bonchev–Trinajstić information content (AvgIpc) is 1.69. The lowest BCUT2D eigenvalue weighted by atomic mass is 0.909. The van der Waals surface area contributed by atoms with E-state index in [0.29, 0.717) is 0 Å². The van der Waals surface area contributed by atoms with Crippen molar-refractivity contribution < 1.29 is 5.11 Å². The summed E-state index contributed by atoms with van der Waals surface area (Å²) in [5.41, 5.74) is 0. The second-order valence-electron chi connectivity index (χ2n) is 1.76. The van der Waals surface area contributed by atoms with Crippen molar-refractivity contribution in [2.24, 2.45) is 0 Å². The Hall–Kier alpha value is -0.0400. The first kappa shape index (κ1) is 6.96. The summed E-state index contributed by atoms with van der Waals surface area (Å²) >= 11 is 0. The average molecular weight is 86.2 g/mol. The van der Waals surface area contributed by atoms with Gasteiger partial charge in [-0.05, 0) is 6.42 Å². The molecule has 0 aromatic heterocycles. The smallest absolute Gasteiger partial charge is 0.0822 e. The minimum atomic E-state index is 0.111. The van der Waals surface area contributed by atoms with Crippen LogP contribution in [-0.2, 0) is 5.11 Å². The molecule has 0 fully saturated rings. The molecule has 0 atom stereocenters. The maximum Gasteiger partial charge on any atom is 0.0822 e. The van der Waals surface area contributed by atoms with Gasteiger partial charge in [0.1, 0.15) is 0 Å². The van der Waals surface area contributed by atoms with Gasteiger partial charge in [-0.1, -0.05) is 26.2 Å². The molecule has 0 spiro atoms. The zero-order valence-corrected chi connectivity index (χ0v) is 4.94. The largest absolute Gasteiger partial charge is 0.237 e. The standard InChI is InChI=1S/C6H13O/c1-2-3-4-5-6-7/h2-6H2,1H3/i7-15. The van der Waals surface area contributed by atoms with Crippen LogP contribution in [0.5, 0.6) is 0 Å². The van der Waals surface area contributed by atoms with Crippen LogP contribution in [-0.4, -0.2) is 6.61 Å². The molecule has 43 valence electrons. The summed E-state index contributed by atoms with van der Waals surface area (Å²) in [7, 11) is 0. The lowest BCUT2D eigenvalue weighted by Crippen LogP contribution is -1.78. The van der Waals surface area contributed by atoms with Crippen molar-refractivity contribution in [3.8, 4) is 0 Å². The highest BCUT2D eigenvalue weighted by Gasteiger charge is 1.82. The van der Waals surface area contributed by atoms with E-state index in [9.17, 15) is 5.11 Å². The predicted molar refractivity (Wildman–Crippen MR) is 29.7 cm³/mol. The van der Waals surface area contributed by atoms with Crippen molar-refractivity contribution >= 4 is 0 Å². The Morgan fingerprint density at radius 1 is 1.14 bits per heavy atom. The highest BCUT2D eigenvalue weighted by molar-refractivity contribution is 4.35. The summed E-state index contributed by atoms with van der Waals surface area (Å²) in [6.07, 6.45) is 4.44. The second-order valence-corrected chi connectivity index (χ2v) is 1.76. The van der Waals surface area contributed by atoms with Crippen LogP contribution in [0.3, 0.4) is 0 Å². The Balaban J connectivity index is 2.45. The third-order valence-electron chi connectivity index (χ3n) is 0.998. The molecule has 7 heavy (non-hydrogen) atoms. The van der Waals surface area contributed by atoms with Crippen LogP contribution in [0.15, 0.2) is 0 Å². The van der Waals surface area contributed by atoms with Crippen LogP contribution < -0.4 is 0 Å². The molecule has 0 rings (SSSR count). The van der Waals surface area contributed by atoms with Crippen molar-refractivity contribution in [3.05, 3.63) is 0 Å². The minimum Gasteiger partial charge on any atom is -0.237 e. The molecular weight excluding hydrogens is 73.1 g/mol. The van der Waals surface area contributed by atoms with Crippen molar-refractivity contribution in [2.45, 2.75) is 32.6 Å². The van der Waals surface area contributed by atoms with Crippen LogP contribution in [0.4, 0.5) is 0 Å². The molecule has 0 bridgehead atoms. The molecule has 0 heterocycles. The van der Waals surface area contributed by atoms with Gasteiger partial charge in [0.15, 0.2) is 0 Å². The topological polar surface area (TPSA) is 19.9 Å². The number of unbranched alkanes of at least 4 members (excludes halogenated alkanes) is 3. The van der Waals surface area contributed by atoms with Gasteiger partial charge in [-0.15, -0.1) is 0 Å². The van der Waals surface area contributed by atoms with Gasteiger partial charge < -0.3 is 0 Å². The predicted octanol–water partition coefficient (Wildman–Crippen LogP) is 2.00. The molecule has 0 saturated heterocycles. The lowest BCUT2D eigenvalue weighted by molar-refractivity contribution is 0.186. The fourth-order valence-corrected chi connectivity index (χ4v) is 0.529. The Morgan fingerprint density at radius 3 is 2.29 bits per heavy atom. The van der Waals surface area contributed by atoms with Crippen molar-refractivity contribution in [1.29, 1.82) is 0 Å². The molecule has 0 saturated carbocycles. The zero-order chi connectivity index (χ0) is 5.54. The van der Waals surface area contributed by atoms with Gasteiger partial charge in [-0.3, -0.25) is 0 Å². The number of hydrogen-bond donors (Lipinski definition) is 0. The van der Waals surface area contributed by atoms with Crippen molar-refractivity contribution in [1.82, 2.24) is 0 Å². The number of hydrogen-bond acceptors (Lipinski definition) is 0. The molecule has 0 aliphatic carbocycles. The van der Waals surface area contributed by atoms with Crippen LogP contribution in [0, 0.1) is 0 Å². The first-order valence-electron chi connectivity index (χ1n) is 3.00. The Kier molecular flexibility index (Phi) is 5.93. The van der Waals surface area contributed by atoms with Gasteiger partial charge in [-0.25, -0.2) is 5.11 Å². The molecule has 0 aromatic carbocycles. The maximum absolute atomic E-state index is 9.80. The van der Waals surface area contributed by atoms with Gasteiger partial charge in [-0.2, -0.15) is 0 Å². The third kappa shape index (κ3) is 5.96. The SMILES string of the molecule is CCCCCC[1O]. The van der Waals surface area contributed by atoms with Crippen LogP contribution in [0.2, 0.25) is 0 Å². The summed E-state index contributed by atoms with van der Waals surface area (Å²) in [5.74, 6) is 0. The Morgan fingerprint density at radius 2 is 1.86 bits per heavy atom. The van der Waals surface area contributed by atoms with Gasteiger partial charge in [0, 0.05) is 0 Å². The van der Waals surface area contributed by atoms with E-state index in [2.05, 4.69) is 6.92 Å². The zero-order valence-electron chi connectivity index (χ0n) is 4.94. The van der Waals surface area contributed by atoms with E-state index in [4.69, 9.17) is 0 Å². The fourth-order valence-electron chi connectivity index (χ4n) is 0.529. The fraction of sp³-hybridized carbons (Fsp3) is 1.00. The summed E-state index contributed by atoms with van der Waals surface area (Å²) in [4.78, 5) is 0. The number of rotatable bonds is 4. The first-order valence-corrected chi connectivity index (χ1v) is 3.00. The molecule has 0 unspecified atom stereocenters. The van der Waals surface area contributed by atoms with Gasteiger partial charge in [0.25, 0.3) is 0 Å². The molecule has 0 amide bonds. The monoisotopic (exact) mass is 86.1 g/mol. The minimum absolute atomic E-state index is 0.111. The van der Waals surface area contributed by atoms with Gasteiger partial charge in [0.2, 0.25) is 0 Å². The molecule has 1 radical (unpaired) electrons. The van der Waals surface area contributed by atoms with Crippen LogP contribution >= 0.6 is 0 Å². The van der Waals surface area contributed by atoms with E-state index in [-0.39, 0.29) is 6.61 Å². The van der Waals surface area contributed by atoms with Crippen LogP contribution in [0.1, 0.15) is 32.6 Å². The summed E-state index contributed by atoms with van der Waals surface area (Å²) < 4.78 is 0. The second kappa shape index (κ2) is 5.96. The van der Waals surface area contributed by atoms with E-state index in [0.717, 1.165) is 12.8 Å². The molecule has 0 aromatic rings. The highest BCUT2D eigenvalue weighted by Crippen LogP contribution is 1.96. The van der Waals surface area contributed by atoms with E-state index in [1.54, 1.807) is 0 Å². The van der Waals surface area contributed by atoms with Crippen molar-refractivity contribution in [3.63, 3.8) is 0 Å². The first-order chi connectivity index (χ1) is 3.41. The molecule has 1 heteroatoms. The van der Waals surface area contributed by atoms with Gasteiger partial charge >= 0.3 is 0 Å². The Bertz CT molecular complexity index is 23.4. The summed E-state index contributed by atoms with van der Waals surface area (Å²) in [6.45, 7) is 2.25. The van der Waals surface area contributed by atoms with Gasteiger partial charge in [0.05, 0.1) is 6.61 Å². The molecule has 0 N–H and O–H groups in total. The molecule has 1 nitrogen and oxygen atoms in total. The van der Waals surface area contributed by atoms with E-state index >= 15 is 0 Å². The summed E-state index contributed by atoms with van der Waals surface area (Å²) in [6, 6.07) is 0. The highest BCUT2D eigenvalue weighted by atomic mass is 13.8. The van der Waals surface area contributed by atoms with E-state index < -0.39 is 0 Å². The molecule has 0 aliphatic rings. The van der Waals surface area contributed by atoms with Crippen molar-refractivity contribution in [2.75, 3.05) is 6.61 Å². The lowest BCUT2D eigenvalue weighted by Gasteiger charge is -1.89. The van der Waals surface area contributed by atoms with Crippen LogP contribution in [0.25, 0.3) is 0 Å². The normalized spacial score (nSPS) is 9.43. The molecule has 0 aliphatic heterocycles. The quantitative estimate of drug-likeness (QED) is 0.466. The Labute approximate surface area is 45.4 Å².